The van der Waals surface area contributed by atoms with Crippen LogP contribution in [0.3, 0.4) is 0 Å². The van der Waals surface area contributed by atoms with E-state index >= 15 is 0 Å². The number of hydrogen-bond donors (Lipinski definition) is 0. The highest BCUT2D eigenvalue weighted by Gasteiger charge is 2.58. The van der Waals surface area contributed by atoms with Gasteiger partial charge in [0.1, 0.15) is 6.61 Å². The summed E-state index contributed by atoms with van der Waals surface area (Å²) >= 11 is 0. The summed E-state index contributed by atoms with van der Waals surface area (Å²) in [6.07, 6.45) is -8.67. The standard InChI is InChI=1S/C7H5F5O5/c8-6(9,7(10,11)12)2-16-4(13)3-1-15-5(14)17-3/h3H,1-2H2. The second-order valence-electron chi connectivity index (χ2n) is 2.98. The molecule has 1 heterocycles. The Hall–Kier alpha value is -1.61. The summed E-state index contributed by atoms with van der Waals surface area (Å²) in [6, 6.07) is 0. The zero-order chi connectivity index (χ0) is 13.3. The number of hydrogen-bond acceptors (Lipinski definition) is 5. The van der Waals surface area contributed by atoms with Gasteiger partial charge in [0.2, 0.25) is 6.10 Å². The van der Waals surface area contributed by atoms with Crippen LogP contribution in [-0.4, -0.2) is 43.5 Å². The van der Waals surface area contributed by atoms with Crippen molar-refractivity contribution in [1.82, 2.24) is 0 Å². The van der Waals surface area contributed by atoms with Crippen LogP contribution in [0.25, 0.3) is 0 Å². The van der Waals surface area contributed by atoms with E-state index in [9.17, 15) is 31.5 Å². The molecule has 0 aromatic heterocycles. The topological polar surface area (TPSA) is 61.8 Å². The van der Waals surface area contributed by atoms with Crippen LogP contribution in [-0.2, 0) is 19.0 Å². The van der Waals surface area contributed by atoms with Gasteiger partial charge in [0, 0.05) is 0 Å². The molecule has 0 amide bonds. The molecule has 1 aliphatic rings. The van der Waals surface area contributed by atoms with E-state index in [1.165, 1.54) is 0 Å². The van der Waals surface area contributed by atoms with Gasteiger partial charge in [-0.05, 0) is 0 Å². The summed E-state index contributed by atoms with van der Waals surface area (Å²) in [7, 11) is 0. The number of cyclic esters (lactones) is 2. The molecule has 0 aromatic rings. The number of alkyl halides is 5. The molecule has 1 unspecified atom stereocenters. The maximum absolute atomic E-state index is 12.3. The van der Waals surface area contributed by atoms with Crippen molar-refractivity contribution in [2.24, 2.45) is 0 Å². The van der Waals surface area contributed by atoms with Gasteiger partial charge in [0.25, 0.3) is 0 Å². The highest BCUT2D eigenvalue weighted by molar-refractivity contribution is 5.79. The van der Waals surface area contributed by atoms with Crippen molar-refractivity contribution in [2.45, 2.75) is 18.2 Å². The van der Waals surface area contributed by atoms with Crippen molar-refractivity contribution in [3.63, 3.8) is 0 Å². The van der Waals surface area contributed by atoms with Gasteiger partial charge < -0.3 is 14.2 Å². The van der Waals surface area contributed by atoms with Crippen LogP contribution in [0, 0.1) is 0 Å². The van der Waals surface area contributed by atoms with Gasteiger partial charge in [-0.15, -0.1) is 0 Å². The molecule has 0 bridgehead atoms. The molecule has 17 heavy (non-hydrogen) atoms. The van der Waals surface area contributed by atoms with Crippen LogP contribution in [0.15, 0.2) is 0 Å². The van der Waals surface area contributed by atoms with Gasteiger partial charge in [0.15, 0.2) is 6.61 Å². The van der Waals surface area contributed by atoms with E-state index in [2.05, 4.69) is 14.2 Å². The minimum Gasteiger partial charge on any atom is -0.456 e. The average molecular weight is 264 g/mol. The van der Waals surface area contributed by atoms with Gasteiger partial charge in [-0.25, -0.2) is 9.59 Å². The normalized spacial score (nSPS) is 20.8. The summed E-state index contributed by atoms with van der Waals surface area (Å²) in [5.74, 6) is -6.69. The van der Waals surface area contributed by atoms with E-state index in [0.717, 1.165) is 0 Å². The third kappa shape index (κ3) is 3.17. The van der Waals surface area contributed by atoms with Crippen molar-refractivity contribution in [3.05, 3.63) is 0 Å². The molecule has 98 valence electrons. The number of halogens is 5. The number of esters is 1. The van der Waals surface area contributed by atoms with Crippen LogP contribution < -0.4 is 0 Å². The zero-order valence-electron chi connectivity index (χ0n) is 7.92. The summed E-state index contributed by atoms with van der Waals surface area (Å²) in [4.78, 5) is 21.2. The first-order valence-electron chi connectivity index (χ1n) is 4.08. The molecular formula is C7H5F5O5. The molecular weight excluding hydrogens is 259 g/mol. The number of carbonyl (C=O) groups excluding carboxylic acids is 2. The Balaban J connectivity index is 2.46. The monoisotopic (exact) mass is 264 g/mol. The molecule has 0 N–H and O–H groups in total. The van der Waals surface area contributed by atoms with Gasteiger partial charge >= 0.3 is 24.2 Å². The van der Waals surface area contributed by atoms with E-state index in [1.807, 2.05) is 0 Å². The lowest BCUT2D eigenvalue weighted by molar-refractivity contribution is -0.294. The van der Waals surface area contributed by atoms with E-state index in [4.69, 9.17) is 0 Å². The van der Waals surface area contributed by atoms with Crippen LogP contribution in [0.2, 0.25) is 0 Å². The van der Waals surface area contributed by atoms with Crippen LogP contribution in [0.1, 0.15) is 0 Å². The Morgan fingerprint density at radius 3 is 2.35 bits per heavy atom. The fourth-order valence-electron chi connectivity index (χ4n) is 0.781. The lowest BCUT2D eigenvalue weighted by atomic mass is 10.3. The Kier molecular flexibility index (Phi) is 3.43. The molecule has 1 atom stereocenters. The van der Waals surface area contributed by atoms with Crippen molar-refractivity contribution >= 4 is 12.1 Å². The summed E-state index contributed by atoms with van der Waals surface area (Å²) < 4.78 is 71.6. The van der Waals surface area contributed by atoms with Gasteiger partial charge in [-0.3, -0.25) is 0 Å². The van der Waals surface area contributed by atoms with Crippen LogP contribution in [0.5, 0.6) is 0 Å². The van der Waals surface area contributed by atoms with E-state index in [-0.39, 0.29) is 0 Å². The van der Waals surface area contributed by atoms with Crippen molar-refractivity contribution in [2.75, 3.05) is 13.2 Å². The molecule has 0 saturated carbocycles. The summed E-state index contributed by atoms with van der Waals surface area (Å²) in [5.41, 5.74) is 0. The Bertz CT molecular complexity index is 325. The molecule has 5 nitrogen and oxygen atoms in total. The first kappa shape index (κ1) is 13.5. The Morgan fingerprint density at radius 1 is 1.35 bits per heavy atom. The summed E-state index contributed by atoms with van der Waals surface area (Å²) in [5, 5.41) is 0. The Morgan fingerprint density at radius 2 is 1.94 bits per heavy atom. The largest absolute Gasteiger partial charge is 0.509 e. The lowest BCUT2D eigenvalue weighted by Gasteiger charge is -2.19. The second kappa shape index (κ2) is 4.34. The number of ether oxygens (including phenoxy) is 3. The molecule has 10 heteroatoms. The van der Waals surface area contributed by atoms with E-state index < -0.39 is 43.5 Å². The molecule has 1 rings (SSSR count). The molecule has 0 aliphatic carbocycles. The lowest BCUT2D eigenvalue weighted by Crippen LogP contribution is -2.42. The fraction of sp³-hybridized carbons (Fsp3) is 0.714. The maximum Gasteiger partial charge on any atom is 0.509 e. The smallest absolute Gasteiger partial charge is 0.456 e. The quantitative estimate of drug-likeness (QED) is 0.567. The number of carbonyl (C=O) groups is 2. The molecule has 0 aromatic carbocycles. The highest BCUT2D eigenvalue weighted by Crippen LogP contribution is 2.35. The predicted molar refractivity (Wildman–Crippen MR) is 38.2 cm³/mol. The van der Waals surface area contributed by atoms with Crippen molar-refractivity contribution in [1.29, 1.82) is 0 Å². The minimum atomic E-state index is -5.82. The van der Waals surface area contributed by atoms with E-state index in [0.29, 0.717) is 0 Å². The Labute approximate surface area is 90.4 Å². The maximum atomic E-state index is 12.3. The van der Waals surface area contributed by atoms with Crippen molar-refractivity contribution < 1.29 is 45.8 Å². The first-order chi connectivity index (χ1) is 7.63. The second-order valence-corrected chi connectivity index (χ2v) is 2.98. The third-order valence-electron chi connectivity index (χ3n) is 1.66. The van der Waals surface area contributed by atoms with E-state index in [1.54, 1.807) is 0 Å². The van der Waals surface area contributed by atoms with Gasteiger partial charge in [-0.2, -0.15) is 22.0 Å². The third-order valence-corrected chi connectivity index (χ3v) is 1.66. The summed E-state index contributed by atoms with van der Waals surface area (Å²) in [6.45, 7) is -2.77. The molecule has 1 aliphatic heterocycles. The van der Waals surface area contributed by atoms with Gasteiger partial charge in [0.05, 0.1) is 0 Å². The first-order valence-corrected chi connectivity index (χ1v) is 4.08. The average Bonchev–Trinajstić information content (AvgIpc) is 2.59. The predicted octanol–water partition coefficient (Wildman–Crippen LogP) is 1.26. The van der Waals surface area contributed by atoms with Crippen molar-refractivity contribution in [3.8, 4) is 0 Å². The van der Waals surface area contributed by atoms with Crippen LogP contribution in [0.4, 0.5) is 26.7 Å². The SMILES string of the molecule is O=C1OCC(C(=O)OCC(F)(F)C(F)(F)F)O1. The highest BCUT2D eigenvalue weighted by atomic mass is 19.4. The fourth-order valence-corrected chi connectivity index (χ4v) is 0.781. The zero-order valence-corrected chi connectivity index (χ0v) is 7.92. The number of rotatable bonds is 3. The minimum absolute atomic E-state index is 0.588. The molecule has 0 spiro atoms. The van der Waals surface area contributed by atoms with Gasteiger partial charge in [-0.1, -0.05) is 0 Å². The van der Waals surface area contributed by atoms with Crippen LogP contribution >= 0.6 is 0 Å². The molecule has 0 radical (unpaired) electrons. The molecule has 1 fully saturated rings. The molecule has 1 saturated heterocycles.